The lowest BCUT2D eigenvalue weighted by Crippen LogP contribution is -2.45. The molecule has 2 N–H and O–H groups in total. The van der Waals surface area contributed by atoms with Crippen LogP contribution in [0.1, 0.15) is 24.7 Å². The van der Waals surface area contributed by atoms with Gasteiger partial charge in [-0.2, -0.15) is 5.10 Å². The first kappa shape index (κ1) is 17.7. The van der Waals surface area contributed by atoms with E-state index in [1.807, 2.05) is 10.7 Å². The van der Waals surface area contributed by atoms with Crippen molar-refractivity contribution in [3.63, 3.8) is 0 Å². The van der Waals surface area contributed by atoms with Gasteiger partial charge in [0.1, 0.15) is 0 Å². The summed E-state index contributed by atoms with van der Waals surface area (Å²) in [6, 6.07) is 1.71. The Morgan fingerprint density at radius 3 is 2.80 bits per heavy atom. The van der Waals surface area contributed by atoms with Crippen LogP contribution >= 0.6 is 0 Å². The third-order valence-electron chi connectivity index (χ3n) is 4.52. The minimum atomic E-state index is -2.92. The Morgan fingerprint density at radius 1 is 1.32 bits per heavy atom. The Kier molecular flexibility index (Phi) is 4.98. The molecule has 1 fully saturated rings. The van der Waals surface area contributed by atoms with Gasteiger partial charge >= 0.3 is 6.03 Å². The molecule has 3 rings (SSSR count). The minimum absolute atomic E-state index is 0.00789. The van der Waals surface area contributed by atoms with Crippen molar-refractivity contribution in [1.82, 2.24) is 25.3 Å². The SMILES string of the molecule is CC(=O)NCc1cc2n(n1)CCN(C(=O)NC[C@H]1CCS(=O)(=O)C1)C2. The Bertz CT molecular complexity index is 773. The molecule has 3 heterocycles. The van der Waals surface area contributed by atoms with Crippen molar-refractivity contribution >= 4 is 21.8 Å². The molecule has 2 aliphatic rings. The Labute approximate surface area is 146 Å². The maximum absolute atomic E-state index is 12.3. The lowest BCUT2D eigenvalue weighted by atomic mass is 10.1. The number of carbonyl (C=O) groups excluding carboxylic acids is 2. The van der Waals surface area contributed by atoms with E-state index in [4.69, 9.17) is 0 Å². The molecule has 0 unspecified atom stereocenters. The molecule has 9 nitrogen and oxygen atoms in total. The van der Waals surface area contributed by atoms with Crippen molar-refractivity contribution in [3.05, 3.63) is 17.5 Å². The third-order valence-corrected chi connectivity index (χ3v) is 6.36. The van der Waals surface area contributed by atoms with Gasteiger partial charge in [-0.3, -0.25) is 9.48 Å². The Morgan fingerprint density at radius 2 is 2.12 bits per heavy atom. The highest BCUT2D eigenvalue weighted by Crippen LogP contribution is 2.18. The molecule has 1 aromatic heterocycles. The van der Waals surface area contributed by atoms with E-state index in [1.165, 1.54) is 6.92 Å². The molecule has 2 aliphatic heterocycles. The van der Waals surface area contributed by atoms with Crippen molar-refractivity contribution in [2.45, 2.75) is 33.0 Å². The number of carbonyl (C=O) groups is 2. The van der Waals surface area contributed by atoms with Gasteiger partial charge in [-0.25, -0.2) is 13.2 Å². The van der Waals surface area contributed by atoms with Crippen molar-refractivity contribution in [1.29, 1.82) is 0 Å². The predicted octanol–water partition coefficient (Wildman–Crippen LogP) is -0.521. The first-order chi connectivity index (χ1) is 11.8. The lowest BCUT2D eigenvalue weighted by molar-refractivity contribution is -0.119. The zero-order valence-corrected chi connectivity index (χ0v) is 15.0. The van der Waals surface area contributed by atoms with Crippen LogP contribution in [0.4, 0.5) is 4.79 Å². The van der Waals surface area contributed by atoms with Crippen LogP contribution in [0.5, 0.6) is 0 Å². The number of hydrogen-bond acceptors (Lipinski definition) is 5. The summed E-state index contributed by atoms with van der Waals surface area (Å²) in [5.74, 6) is 0.273. The molecule has 25 heavy (non-hydrogen) atoms. The molecule has 1 atom stereocenters. The second-order valence-electron chi connectivity index (χ2n) is 6.64. The highest BCUT2D eigenvalue weighted by atomic mass is 32.2. The second-order valence-corrected chi connectivity index (χ2v) is 8.87. The molecular formula is C15H23N5O4S. The number of hydrogen-bond donors (Lipinski definition) is 2. The Hall–Kier alpha value is -2.10. The van der Waals surface area contributed by atoms with E-state index in [1.54, 1.807) is 4.90 Å². The van der Waals surface area contributed by atoms with Gasteiger partial charge in [-0.1, -0.05) is 0 Å². The van der Waals surface area contributed by atoms with E-state index >= 15 is 0 Å². The number of fused-ring (bicyclic) bond motifs is 1. The maximum Gasteiger partial charge on any atom is 0.317 e. The normalized spacial score (nSPS) is 21.6. The van der Waals surface area contributed by atoms with Gasteiger partial charge in [-0.15, -0.1) is 0 Å². The predicted molar refractivity (Wildman–Crippen MR) is 90.3 cm³/mol. The Balaban J connectivity index is 1.51. The number of urea groups is 1. The molecule has 0 radical (unpaired) electrons. The van der Waals surface area contributed by atoms with Gasteiger partial charge in [0, 0.05) is 20.0 Å². The number of aromatic nitrogens is 2. The zero-order chi connectivity index (χ0) is 18.0. The van der Waals surface area contributed by atoms with Gasteiger partial charge < -0.3 is 15.5 Å². The topological polar surface area (TPSA) is 113 Å². The van der Waals surface area contributed by atoms with Crippen LogP contribution in [0, 0.1) is 5.92 Å². The minimum Gasteiger partial charge on any atom is -0.351 e. The molecule has 0 saturated carbocycles. The largest absolute Gasteiger partial charge is 0.351 e. The quantitative estimate of drug-likeness (QED) is 0.741. The van der Waals surface area contributed by atoms with Crippen molar-refractivity contribution < 1.29 is 18.0 Å². The summed E-state index contributed by atoms with van der Waals surface area (Å²) >= 11 is 0. The fourth-order valence-electron chi connectivity index (χ4n) is 3.18. The van der Waals surface area contributed by atoms with Crippen molar-refractivity contribution in [2.75, 3.05) is 24.6 Å². The number of nitrogens with one attached hydrogen (secondary N) is 2. The van der Waals surface area contributed by atoms with E-state index in [-0.39, 0.29) is 29.4 Å². The maximum atomic E-state index is 12.3. The summed E-state index contributed by atoms with van der Waals surface area (Å²) in [5, 5.41) is 9.97. The molecule has 0 bridgehead atoms. The van der Waals surface area contributed by atoms with Gasteiger partial charge in [-0.05, 0) is 18.4 Å². The van der Waals surface area contributed by atoms with E-state index < -0.39 is 9.84 Å². The molecule has 10 heteroatoms. The molecule has 138 valence electrons. The van der Waals surface area contributed by atoms with Crippen LogP contribution in [0.2, 0.25) is 0 Å². The van der Waals surface area contributed by atoms with Gasteiger partial charge in [0.2, 0.25) is 5.91 Å². The smallest absolute Gasteiger partial charge is 0.317 e. The summed E-state index contributed by atoms with van der Waals surface area (Å²) in [4.78, 5) is 25.0. The fourth-order valence-corrected chi connectivity index (χ4v) is 5.04. The lowest BCUT2D eigenvalue weighted by Gasteiger charge is -2.28. The number of rotatable bonds is 4. The molecular weight excluding hydrogens is 346 g/mol. The summed E-state index contributed by atoms with van der Waals surface area (Å²) < 4.78 is 24.8. The van der Waals surface area contributed by atoms with Crippen LogP contribution < -0.4 is 10.6 Å². The molecule has 0 aromatic carbocycles. The summed E-state index contributed by atoms with van der Waals surface area (Å²) in [5.41, 5.74) is 1.69. The average molecular weight is 369 g/mol. The average Bonchev–Trinajstić information content (AvgIpc) is 3.12. The zero-order valence-electron chi connectivity index (χ0n) is 14.2. The summed E-state index contributed by atoms with van der Waals surface area (Å²) in [6.45, 7) is 3.81. The fraction of sp³-hybridized carbons (Fsp3) is 0.667. The summed E-state index contributed by atoms with van der Waals surface area (Å²) in [6.07, 6.45) is 0.613. The molecule has 3 amide bonds. The standard InChI is InChI=1S/C15H23N5O4S/c1-11(21)16-8-13-6-14-9-19(3-4-20(14)18-13)15(22)17-7-12-2-5-25(23,24)10-12/h6,12H,2-5,7-10H2,1H3,(H,16,21)(H,17,22)/t12-/m1/s1. The van der Waals surface area contributed by atoms with Gasteiger partial charge in [0.25, 0.3) is 0 Å². The second kappa shape index (κ2) is 7.03. The van der Waals surface area contributed by atoms with Crippen LogP contribution in [-0.4, -0.2) is 59.6 Å². The summed E-state index contributed by atoms with van der Waals surface area (Å²) in [7, 11) is -2.92. The molecule has 0 spiro atoms. The van der Waals surface area contributed by atoms with E-state index in [9.17, 15) is 18.0 Å². The van der Waals surface area contributed by atoms with Crippen LogP contribution in [0.25, 0.3) is 0 Å². The first-order valence-electron chi connectivity index (χ1n) is 8.35. The highest BCUT2D eigenvalue weighted by molar-refractivity contribution is 7.91. The third kappa shape index (κ3) is 4.50. The number of amides is 3. The van der Waals surface area contributed by atoms with Crippen molar-refractivity contribution in [2.24, 2.45) is 5.92 Å². The molecule has 1 aromatic rings. The highest BCUT2D eigenvalue weighted by Gasteiger charge is 2.29. The van der Waals surface area contributed by atoms with Crippen LogP contribution in [-0.2, 0) is 34.3 Å². The number of nitrogens with zero attached hydrogens (tertiary/aromatic N) is 3. The van der Waals surface area contributed by atoms with Crippen molar-refractivity contribution in [3.8, 4) is 0 Å². The molecule has 1 saturated heterocycles. The van der Waals surface area contributed by atoms with Crippen LogP contribution in [0.15, 0.2) is 6.07 Å². The first-order valence-corrected chi connectivity index (χ1v) is 10.2. The molecule has 0 aliphatic carbocycles. The van der Waals surface area contributed by atoms with E-state index in [0.717, 1.165) is 11.4 Å². The number of sulfone groups is 1. The van der Waals surface area contributed by atoms with Crippen LogP contribution in [0.3, 0.4) is 0 Å². The van der Waals surface area contributed by atoms with E-state index in [0.29, 0.717) is 39.1 Å². The van der Waals surface area contributed by atoms with E-state index in [2.05, 4.69) is 15.7 Å². The van der Waals surface area contributed by atoms with Gasteiger partial charge in [0.05, 0.1) is 42.5 Å². The monoisotopic (exact) mass is 369 g/mol. The van der Waals surface area contributed by atoms with Gasteiger partial charge in [0.15, 0.2) is 9.84 Å².